The van der Waals surface area contributed by atoms with E-state index in [1.165, 1.54) is 90.4 Å². The Labute approximate surface area is 120 Å². The Kier molecular flexibility index (Phi) is 7.23. The van der Waals surface area contributed by atoms with Crippen LogP contribution in [-0.2, 0) is 0 Å². The van der Waals surface area contributed by atoms with Crippen molar-refractivity contribution in [2.45, 2.75) is 77.2 Å². The second-order valence-electron chi connectivity index (χ2n) is 6.72. The van der Waals surface area contributed by atoms with Gasteiger partial charge in [0.15, 0.2) is 0 Å². The second kappa shape index (κ2) is 8.97. The summed E-state index contributed by atoms with van der Waals surface area (Å²) in [5, 5.41) is 3.74. The Morgan fingerprint density at radius 2 is 1.84 bits per heavy atom. The highest BCUT2D eigenvalue weighted by Gasteiger charge is 2.16. The van der Waals surface area contributed by atoms with Gasteiger partial charge in [-0.15, -0.1) is 0 Å². The van der Waals surface area contributed by atoms with Gasteiger partial charge in [-0.3, -0.25) is 0 Å². The molecule has 2 rings (SSSR count). The van der Waals surface area contributed by atoms with Crippen molar-refractivity contribution in [3.8, 4) is 0 Å². The van der Waals surface area contributed by atoms with Crippen LogP contribution in [0.3, 0.4) is 0 Å². The van der Waals surface area contributed by atoms with Crippen molar-refractivity contribution in [3.05, 3.63) is 0 Å². The van der Waals surface area contributed by atoms with Crippen LogP contribution in [0.2, 0.25) is 0 Å². The van der Waals surface area contributed by atoms with Gasteiger partial charge in [-0.05, 0) is 70.6 Å². The molecule has 1 heterocycles. The summed E-state index contributed by atoms with van der Waals surface area (Å²) >= 11 is 0. The molecule has 1 unspecified atom stereocenters. The Morgan fingerprint density at radius 1 is 1.00 bits per heavy atom. The molecular formula is C17H34N2. The van der Waals surface area contributed by atoms with Crippen LogP contribution in [-0.4, -0.2) is 37.1 Å². The van der Waals surface area contributed by atoms with E-state index in [1.807, 2.05) is 0 Å². The van der Waals surface area contributed by atoms with E-state index in [2.05, 4.69) is 17.1 Å². The largest absolute Gasteiger partial charge is 0.314 e. The summed E-state index contributed by atoms with van der Waals surface area (Å²) in [5.41, 5.74) is 0. The summed E-state index contributed by atoms with van der Waals surface area (Å²) in [7, 11) is 0. The van der Waals surface area contributed by atoms with Gasteiger partial charge in [0.05, 0.1) is 0 Å². The summed E-state index contributed by atoms with van der Waals surface area (Å²) in [4.78, 5) is 2.71. The topological polar surface area (TPSA) is 15.3 Å². The molecule has 1 N–H and O–H groups in total. The average Bonchev–Trinajstić information content (AvgIpc) is 2.83. The summed E-state index contributed by atoms with van der Waals surface area (Å²) < 4.78 is 0. The third-order valence-corrected chi connectivity index (χ3v) is 5.08. The molecule has 2 nitrogen and oxygen atoms in total. The summed E-state index contributed by atoms with van der Waals surface area (Å²) in [6.07, 6.45) is 14.3. The van der Waals surface area contributed by atoms with E-state index in [-0.39, 0.29) is 0 Å². The Bertz CT molecular complexity index is 223. The lowest BCUT2D eigenvalue weighted by molar-refractivity contribution is 0.273. The summed E-state index contributed by atoms with van der Waals surface area (Å²) in [5.74, 6) is 1.02. The number of hydrogen-bond acceptors (Lipinski definition) is 2. The van der Waals surface area contributed by atoms with E-state index in [0.717, 1.165) is 12.0 Å². The SMILES string of the molecule is CCCC1CCCN(CCCNC2CCCC2)CC1. The quantitative estimate of drug-likeness (QED) is 0.705. The number of nitrogens with one attached hydrogen (secondary N) is 1. The van der Waals surface area contributed by atoms with E-state index in [1.54, 1.807) is 0 Å². The molecule has 0 amide bonds. The lowest BCUT2D eigenvalue weighted by Gasteiger charge is -2.21. The van der Waals surface area contributed by atoms with Crippen molar-refractivity contribution in [2.24, 2.45) is 5.92 Å². The second-order valence-corrected chi connectivity index (χ2v) is 6.72. The van der Waals surface area contributed by atoms with Crippen molar-refractivity contribution >= 4 is 0 Å². The van der Waals surface area contributed by atoms with Crippen LogP contribution in [0.25, 0.3) is 0 Å². The van der Waals surface area contributed by atoms with E-state index in [9.17, 15) is 0 Å². The van der Waals surface area contributed by atoms with Crippen LogP contribution >= 0.6 is 0 Å². The minimum absolute atomic E-state index is 0.845. The first-order valence-electron chi connectivity index (χ1n) is 8.84. The van der Waals surface area contributed by atoms with Crippen LogP contribution in [0.15, 0.2) is 0 Å². The van der Waals surface area contributed by atoms with E-state index < -0.39 is 0 Å². The fourth-order valence-electron chi connectivity index (χ4n) is 3.88. The molecule has 112 valence electrons. The molecular weight excluding hydrogens is 232 g/mol. The number of likely N-dealkylation sites (tertiary alicyclic amines) is 1. The molecule has 2 aliphatic rings. The van der Waals surface area contributed by atoms with Crippen molar-refractivity contribution in [1.82, 2.24) is 10.2 Å². The van der Waals surface area contributed by atoms with Crippen molar-refractivity contribution in [1.29, 1.82) is 0 Å². The molecule has 2 fully saturated rings. The fraction of sp³-hybridized carbons (Fsp3) is 1.00. The van der Waals surface area contributed by atoms with E-state index in [0.29, 0.717) is 0 Å². The predicted octanol–water partition coefficient (Wildman–Crippen LogP) is 3.81. The average molecular weight is 266 g/mol. The van der Waals surface area contributed by atoms with E-state index >= 15 is 0 Å². The molecule has 1 aliphatic carbocycles. The maximum atomic E-state index is 3.74. The first kappa shape index (κ1) is 15.3. The zero-order valence-corrected chi connectivity index (χ0v) is 13.0. The normalized spacial score (nSPS) is 26.7. The maximum absolute atomic E-state index is 3.74. The summed E-state index contributed by atoms with van der Waals surface area (Å²) in [6, 6.07) is 0.845. The van der Waals surface area contributed by atoms with Gasteiger partial charge in [-0.2, -0.15) is 0 Å². The van der Waals surface area contributed by atoms with Gasteiger partial charge < -0.3 is 10.2 Å². The Morgan fingerprint density at radius 3 is 2.63 bits per heavy atom. The molecule has 19 heavy (non-hydrogen) atoms. The third-order valence-electron chi connectivity index (χ3n) is 5.08. The van der Waals surface area contributed by atoms with Gasteiger partial charge in [0.25, 0.3) is 0 Å². The highest BCUT2D eigenvalue weighted by Crippen LogP contribution is 2.22. The standard InChI is InChI=1S/C17H34N2/c1-2-7-16-8-5-13-19(15-11-16)14-6-12-18-17-9-3-4-10-17/h16-18H,2-15H2,1H3. The molecule has 1 aliphatic heterocycles. The van der Waals surface area contributed by atoms with Crippen LogP contribution in [0.1, 0.15) is 71.1 Å². The molecule has 2 heteroatoms. The van der Waals surface area contributed by atoms with Crippen molar-refractivity contribution in [3.63, 3.8) is 0 Å². The van der Waals surface area contributed by atoms with Crippen LogP contribution in [0.5, 0.6) is 0 Å². The van der Waals surface area contributed by atoms with Crippen molar-refractivity contribution in [2.75, 3.05) is 26.2 Å². The Hall–Kier alpha value is -0.0800. The highest BCUT2D eigenvalue weighted by molar-refractivity contribution is 4.74. The molecule has 1 saturated heterocycles. The molecule has 1 saturated carbocycles. The van der Waals surface area contributed by atoms with Gasteiger partial charge in [-0.25, -0.2) is 0 Å². The van der Waals surface area contributed by atoms with Gasteiger partial charge in [-0.1, -0.05) is 32.6 Å². The van der Waals surface area contributed by atoms with Crippen molar-refractivity contribution < 1.29 is 0 Å². The molecule has 1 atom stereocenters. The minimum Gasteiger partial charge on any atom is -0.314 e. The van der Waals surface area contributed by atoms with Gasteiger partial charge >= 0.3 is 0 Å². The number of rotatable bonds is 7. The van der Waals surface area contributed by atoms with Gasteiger partial charge in [0, 0.05) is 6.04 Å². The van der Waals surface area contributed by atoms with Crippen LogP contribution < -0.4 is 5.32 Å². The van der Waals surface area contributed by atoms with Crippen LogP contribution in [0.4, 0.5) is 0 Å². The maximum Gasteiger partial charge on any atom is 0.00670 e. The Balaban J connectivity index is 1.53. The minimum atomic E-state index is 0.845. The van der Waals surface area contributed by atoms with Gasteiger partial charge in [0.2, 0.25) is 0 Å². The first-order chi connectivity index (χ1) is 9.38. The zero-order chi connectivity index (χ0) is 13.3. The molecule has 0 aromatic heterocycles. The summed E-state index contributed by atoms with van der Waals surface area (Å²) in [6.45, 7) is 7.59. The zero-order valence-electron chi connectivity index (χ0n) is 13.0. The number of nitrogens with zero attached hydrogens (tertiary/aromatic N) is 1. The fourth-order valence-corrected chi connectivity index (χ4v) is 3.88. The van der Waals surface area contributed by atoms with Crippen LogP contribution in [0, 0.1) is 5.92 Å². The third kappa shape index (κ3) is 5.83. The monoisotopic (exact) mass is 266 g/mol. The lowest BCUT2D eigenvalue weighted by atomic mass is 9.96. The first-order valence-corrected chi connectivity index (χ1v) is 8.84. The smallest absolute Gasteiger partial charge is 0.00670 e. The number of hydrogen-bond donors (Lipinski definition) is 1. The molecule has 0 bridgehead atoms. The molecule has 0 aromatic rings. The highest BCUT2D eigenvalue weighted by atomic mass is 15.1. The van der Waals surface area contributed by atoms with Gasteiger partial charge in [0.1, 0.15) is 0 Å². The lowest BCUT2D eigenvalue weighted by Crippen LogP contribution is -2.31. The molecule has 0 spiro atoms. The molecule has 0 radical (unpaired) electrons. The predicted molar refractivity (Wildman–Crippen MR) is 83.6 cm³/mol. The molecule has 0 aromatic carbocycles. The van der Waals surface area contributed by atoms with E-state index in [4.69, 9.17) is 0 Å².